The second-order valence-electron chi connectivity index (χ2n) is 11.2. The van der Waals surface area contributed by atoms with Crippen LogP contribution in [0.2, 0.25) is 0 Å². The molecule has 7 nitrogen and oxygen atoms in total. The maximum Gasteiger partial charge on any atom is 0.399 e. The highest BCUT2D eigenvalue weighted by molar-refractivity contribution is 9.10. The zero-order chi connectivity index (χ0) is 31.2. The Labute approximate surface area is 261 Å². The normalized spacial score (nSPS) is 19.8. The topological polar surface area (TPSA) is 128 Å². The first-order valence-corrected chi connectivity index (χ1v) is 19.0. The molecule has 0 aliphatic heterocycles. The molecule has 1 fully saturated rings. The van der Waals surface area contributed by atoms with Crippen LogP contribution in [0, 0.1) is 5.92 Å². The van der Waals surface area contributed by atoms with Crippen LogP contribution in [-0.2, 0) is 26.3 Å². The second kappa shape index (κ2) is 12.6. The van der Waals surface area contributed by atoms with Gasteiger partial charge in [0.05, 0.1) is 10.7 Å². The molecular weight excluding hydrogens is 682 g/mol. The summed E-state index contributed by atoms with van der Waals surface area (Å²) >= 11 is 4.57. The van der Waals surface area contributed by atoms with Gasteiger partial charge >= 0.3 is 20.9 Å². The van der Waals surface area contributed by atoms with Gasteiger partial charge in [0.1, 0.15) is 0 Å². The molecule has 0 amide bonds. The van der Waals surface area contributed by atoms with E-state index >= 15 is 0 Å². The fourth-order valence-electron chi connectivity index (χ4n) is 5.96. The number of pyridine rings is 1. The minimum Gasteiger partial charge on any atom is -0.321 e. The van der Waals surface area contributed by atoms with E-state index in [2.05, 4.69) is 15.9 Å². The minimum atomic E-state index is -5.66. The van der Waals surface area contributed by atoms with Crippen LogP contribution in [0.1, 0.15) is 72.4 Å². The largest absolute Gasteiger partial charge is 0.399 e. The fourth-order valence-corrected chi connectivity index (χ4v) is 9.39. The Morgan fingerprint density at radius 2 is 1.58 bits per heavy atom. The first-order chi connectivity index (χ1) is 20.2. The van der Waals surface area contributed by atoms with Crippen LogP contribution in [0.15, 0.2) is 59.1 Å². The highest BCUT2D eigenvalue weighted by Gasteiger charge is 2.51. The van der Waals surface area contributed by atoms with Gasteiger partial charge in [-0.25, -0.2) is 0 Å². The number of hydrogen-bond acceptors (Lipinski definition) is 4. The molecule has 0 saturated heterocycles. The Kier molecular flexibility index (Phi) is 9.59. The van der Waals surface area contributed by atoms with Gasteiger partial charge in [-0.2, -0.15) is 20.5 Å². The lowest BCUT2D eigenvalue weighted by molar-refractivity contribution is 0.0557. The van der Waals surface area contributed by atoms with E-state index in [1.807, 2.05) is 49.4 Å². The lowest BCUT2D eigenvalue weighted by atomic mass is 9.83. The molecular formula is C30H32BrF2NO6P2S. The van der Waals surface area contributed by atoms with Crippen LogP contribution in [0.4, 0.5) is 8.78 Å². The fraction of sp³-hybridized carbons (Fsp3) is 0.367. The number of alkyl halides is 2. The quantitative estimate of drug-likeness (QED) is 0.181. The summed E-state index contributed by atoms with van der Waals surface area (Å²) in [6.45, 7) is 1.84. The number of rotatable bonds is 9. The summed E-state index contributed by atoms with van der Waals surface area (Å²) in [5.41, 5.74) is -1.47. The summed E-state index contributed by atoms with van der Waals surface area (Å²) in [6.07, 6.45) is 6.43. The van der Waals surface area contributed by atoms with Crippen molar-refractivity contribution < 1.29 is 37.5 Å². The third-order valence-electron chi connectivity index (χ3n) is 8.23. The maximum absolute atomic E-state index is 14.1. The summed E-state index contributed by atoms with van der Waals surface area (Å²) in [4.78, 5) is 43.5. The molecule has 4 N–H and O–H groups in total. The van der Waals surface area contributed by atoms with E-state index in [-0.39, 0.29) is 15.7 Å². The Bertz CT molecular complexity index is 1740. The Hall–Kier alpha value is -1.68. The monoisotopic (exact) mass is 713 g/mol. The van der Waals surface area contributed by atoms with Gasteiger partial charge in [-0.05, 0) is 46.9 Å². The van der Waals surface area contributed by atoms with E-state index in [0.29, 0.717) is 28.3 Å². The molecule has 2 aromatic carbocycles. The van der Waals surface area contributed by atoms with Gasteiger partial charge in [-0.15, -0.1) is 0 Å². The zero-order valence-corrected chi connectivity index (χ0v) is 27.4. The molecule has 2 aliphatic carbocycles. The Morgan fingerprint density at radius 3 is 2.19 bits per heavy atom. The number of aromatic nitrogens is 1. The van der Waals surface area contributed by atoms with Crippen LogP contribution in [0.5, 0.6) is 0 Å². The summed E-state index contributed by atoms with van der Waals surface area (Å²) in [5, 5.41) is 1.24. The number of hydrogen-bond donors (Lipinski definition) is 4. The summed E-state index contributed by atoms with van der Waals surface area (Å²) in [7, 11) is -10.2. The molecule has 1 saturated carbocycles. The molecule has 0 bridgehead atoms. The number of fused-ring (bicyclic) bond motifs is 1. The summed E-state index contributed by atoms with van der Waals surface area (Å²) in [5.74, 6) is 0.763. The molecule has 43 heavy (non-hydrogen) atoms. The van der Waals surface area contributed by atoms with Crippen molar-refractivity contribution in [3.63, 3.8) is 0 Å². The Balaban J connectivity index is 1.30. The lowest BCUT2D eigenvalue weighted by Crippen LogP contribution is -2.38. The van der Waals surface area contributed by atoms with Crippen LogP contribution in [-0.4, -0.2) is 24.6 Å². The van der Waals surface area contributed by atoms with Gasteiger partial charge in [0, 0.05) is 45.0 Å². The van der Waals surface area contributed by atoms with E-state index in [1.54, 1.807) is 11.8 Å². The van der Waals surface area contributed by atoms with Crippen LogP contribution in [0.25, 0.3) is 11.4 Å². The molecule has 0 spiro atoms. The van der Waals surface area contributed by atoms with Crippen molar-refractivity contribution in [2.24, 2.45) is 5.92 Å². The van der Waals surface area contributed by atoms with Crippen molar-refractivity contribution in [1.29, 1.82) is 0 Å². The van der Waals surface area contributed by atoms with Crippen molar-refractivity contribution in [3.8, 4) is 0 Å². The highest BCUT2D eigenvalue weighted by Crippen LogP contribution is 2.60. The van der Waals surface area contributed by atoms with Gasteiger partial charge in [0.15, 0.2) is 0 Å². The smallest absolute Gasteiger partial charge is 0.321 e. The van der Waals surface area contributed by atoms with E-state index < -0.39 is 32.3 Å². The van der Waals surface area contributed by atoms with Crippen LogP contribution in [0.3, 0.4) is 0 Å². The predicted molar refractivity (Wildman–Crippen MR) is 168 cm³/mol. The van der Waals surface area contributed by atoms with Crippen molar-refractivity contribution in [1.82, 2.24) is 4.98 Å². The van der Waals surface area contributed by atoms with Crippen LogP contribution >= 0.6 is 42.9 Å². The van der Waals surface area contributed by atoms with E-state index in [1.165, 1.54) is 12.1 Å². The van der Waals surface area contributed by atoms with E-state index in [4.69, 9.17) is 14.8 Å². The predicted octanol–water partition coefficient (Wildman–Crippen LogP) is 6.66. The van der Waals surface area contributed by atoms with Gasteiger partial charge in [-0.3, -0.25) is 14.1 Å². The molecule has 2 unspecified atom stereocenters. The average molecular weight is 715 g/mol. The second-order valence-corrected chi connectivity index (χ2v) is 16.3. The third kappa shape index (κ3) is 6.95. The minimum absolute atomic E-state index is 0.0702. The number of benzene rings is 2. The van der Waals surface area contributed by atoms with Gasteiger partial charge < -0.3 is 19.6 Å². The van der Waals surface area contributed by atoms with Crippen LogP contribution < -0.4 is 10.6 Å². The maximum atomic E-state index is 14.1. The molecule has 1 heterocycles. The van der Waals surface area contributed by atoms with Crippen molar-refractivity contribution in [3.05, 3.63) is 97.6 Å². The molecule has 5 rings (SSSR count). The lowest BCUT2D eigenvalue weighted by Gasteiger charge is -2.28. The molecule has 2 aliphatic rings. The third-order valence-corrected chi connectivity index (χ3v) is 12.2. The number of halogens is 3. The first kappa shape index (κ1) is 32.7. The van der Waals surface area contributed by atoms with E-state index in [9.17, 15) is 27.7 Å². The molecule has 13 heteroatoms. The number of thioether (sulfide) groups is 1. The molecule has 230 valence electrons. The van der Waals surface area contributed by atoms with Gasteiger partial charge in [0.25, 0.3) is 0 Å². The highest BCUT2D eigenvalue weighted by atomic mass is 79.9. The summed E-state index contributed by atoms with van der Waals surface area (Å²) < 4.78 is 52.1. The molecule has 2 atom stereocenters. The Morgan fingerprint density at radius 1 is 0.953 bits per heavy atom. The number of nitrogens with zero attached hydrogens (tertiary/aromatic N) is 1. The summed E-state index contributed by atoms with van der Waals surface area (Å²) in [6, 6.07) is 15.7. The SMILES string of the molecule is CC1C(P(=O)(O)O)=c2nc(C3CCCC3)ccc2=CC1c1ccc(CSCc2ccc(C(F)(F)P(=O)(O)O)c(Br)c2)cc1. The molecule has 0 radical (unpaired) electrons. The zero-order valence-electron chi connectivity index (χ0n) is 23.2. The molecule has 1 aromatic heterocycles. The van der Waals surface area contributed by atoms with Crippen molar-refractivity contribution >= 4 is 54.3 Å². The van der Waals surface area contributed by atoms with Crippen molar-refractivity contribution in [2.75, 3.05) is 0 Å². The standard InChI is InChI=1S/C30H32BrF2NO6P2S/c1-18-24(15-23-11-13-27(22-4-2-3-5-22)34-28(23)29(18)41(35,36)37)21-9-6-19(7-10-21)16-43-17-20-8-12-25(26(31)14-20)30(32,33)42(38,39)40/h6-15,18,22,24H,2-5,16-17H2,1H3,(H2,35,36,37)(H2,38,39,40). The van der Waals surface area contributed by atoms with Gasteiger partial charge in [-0.1, -0.05) is 84.2 Å². The van der Waals surface area contributed by atoms with E-state index in [0.717, 1.165) is 53.8 Å². The molecule has 3 aromatic rings. The average Bonchev–Trinajstić information content (AvgIpc) is 3.47. The van der Waals surface area contributed by atoms with Gasteiger partial charge in [0.2, 0.25) is 0 Å². The van der Waals surface area contributed by atoms with Crippen molar-refractivity contribution in [2.45, 2.75) is 61.6 Å². The first-order valence-electron chi connectivity index (χ1n) is 13.8.